The van der Waals surface area contributed by atoms with Crippen LogP contribution in [0.5, 0.6) is 0 Å². The van der Waals surface area contributed by atoms with Crippen molar-refractivity contribution < 1.29 is 4.92 Å². The molecule has 0 aliphatic carbocycles. The van der Waals surface area contributed by atoms with Gasteiger partial charge >= 0.3 is 0 Å². The number of hydrogen-bond acceptors (Lipinski definition) is 8. The number of nitrogens with zero attached hydrogens (tertiary/aromatic N) is 4. The summed E-state index contributed by atoms with van der Waals surface area (Å²) < 4.78 is 1.66. The molecule has 6 nitrogen and oxygen atoms in total. The molecular formula is C13H8N4O2S3. The molecule has 22 heavy (non-hydrogen) atoms. The number of thiazole rings is 2. The minimum Gasteiger partial charge on any atom is -0.258 e. The highest BCUT2D eigenvalue weighted by molar-refractivity contribution is 8.00. The van der Waals surface area contributed by atoms with Gasteiger partial charge in [-0.3, -0.25) is 10.1 Å². The van der Waals surface area contributed by atoms with E-state index in [2.05, 4.69) is 16.0 Å². The van der Waals surface area contributed by atoms with Crippen molar-refractivity contribution in [2.24, 2.45) is 0 Å². The van der Waals surface area contributed by atoms with Crippen LogP contribution in [-0.4, -0.2) is 14.9 Å². The summed E-state index contributed by atoms with van der Waals surface area (Å²) in [4.78, 5) is 19.2. The minimum atomic E-state index is -0.405. The van der Waals surface area contributed by atoms with Crippen molar-refractivity contribution in [1.29, 1.82) is 5.26 Å². The molecule has 2 heterocycles. The van der Waals surface area contributed by atoms with Crippen molar-refractivity contribution in [2.45, 2.75) is 16.5 Å². The van der Waals surface area contributed by atoms with E-state index in [9.17, 15) is 10.1 Å². The third kappa shape index (κ3) is 3.24. The molecule has 0 fully saturated rings. The van der Waals surface area contributed by atoms with Gasteiger partial charge in [0.1, 0.15) is 5.01 Å². The van der Waals surface area contributed by atoms with Crippen molar-refractivity contribution in [3.8, 4) is 6.07 Å². The fourth-order valence-corrected chi connectivity index (χ4v) is 4.59. The zero-order valence-electron chi connectivity index (χ0n) is 11.1. The van der Waals surface area contributed by atoms with Crippen molar-refractivity contribution in [1.82, 2.24) is 9.97 Å². The van der Waals surface area contributed by atoms with Crippen molar-refractivity contribution in [2.75, 3.05) is 0 Å². The van der Waals surface area contributed by atoms with Gasteiger partial charge in [-0.25, -0.2) is 9.97 Å². The molecule has 0 saturated carbocycles. The van der Waals surface area contributed by atoms with E-state index in [-0.39, 0.29) is 5.69 Å². The highest BCUT2D eigenvalue weighted by atomic mass is 32.2. The summed E-state index contributed by atoms with van der Waals surface area (Å²) in [5, 5.41) is 22.2. The number of rotatable bonds is 5. The van der Waals surface area contributed by atoms with Crippen LogP contribution >= 0.6 is 34.4 Å². The predicted octanol–water partition coefficient (Wildman–Crippen LogP) is 4.02. The lowest BCUT2D eigenvalue weighted by atomic mass is 10.3. The number of nitriles is 1. The van der Waals surface area contributed by atoms with Gasteiger partial charge < -0.3 is 0 Å². The first-order chi connectivity index (χ1) is 10.7. The van der Waals surface area contributed by atoms with Crippen LogP contribution < -0.4 is 0 Å². The van der Waals surface area contributed by atoms with Crippen LogP contribution in [0, 0.1) is 21.4 Å². The van der Waals surface area contributed by atoms with Crippen LogP contribution in [0.4, 0.5) is 5.69 Å². The van der Waals surface area contributed by atoms with Gasteiger partial charge in [-0.05, 0) is 6.07 Å². The van der Waals surface area contributed by atoms with E-state index in [1.165, 1.54) is 28.7 Å². The molecule has 0 bridgehead atoms. The Hall–Kier alpha value is -2.02. The summed E-state index contributed by atoms with van der Waals surface area (Å²) in [6.45, 7) is 0. The predicted molar refractivity (Wildman–Crippen MR) is 87.3 cm³/mol. The topological polar surface area (TPSA) is 92.7 Å². The Labute approximate surface area is 137 Å². The first kappa shape index (κ1) is 14.9. The summed E-state index contributed by atoms with van der Waals surface area (Å²) in [6.07, 6.45) is 0.333. The summed E-state index contributed by atoms with van der Waals surface area (Å²) >= 11 is 4.46. The van der Waals surface area contributed by atoms with Crippen LogP contribution in [0.2, 0.25) is 0 Å². The number of aromatic nitrogens is 2. The van der Waals surface area contributed by atoms with Gasteiger partial charge in [-0.1, -0.05) is 11.8 Å². The number of fused-ring (bicyclic) bond motifs is 1. The Bertz CT molecular complexity index is 881. The summed E-state index contributed by atoms with van der Waals surface area (Å²) in [6, 6.07) is 6.76. The maximum absolute atomic E-state index is 10.8. The van der Waals surface area contributed by atoms with E-state index >= 15 is 0 Å². The van der Waals surface area contributed by atoms with Crippen molar-refractivity contribution in [3.05, 3.63) is 44.4 Å². The van der Waals surface area contributed by atoms with Gasteiger partial charge in [0.05, 0.1) is 33.3 Å². The number of hydrogen-bond donors (Lipinski definition) is 0. The van der Waals surface area contributed by atoms with Gasteiger partial charge in [0, 0.05) is 23.3 Å². The molecule has 9 heteroatoms. The number of nitro groups is 1. The van der Waals surface area contributed by atoms with E-state index in [1.807, 2.05) is 5.38 Å². The fraction of sp³-hybridized carbons (Fsp3) is 0.154. The maximum Gasteiger partial charge on any atom is 0.270 e. The molecule has 0 aliphatic heterocycles. The molecular weight excluding hydrogens is 340 g/mol. The summed E-state index contributed by atoms with van der Waals surface area (Å²) in [5.41, 5.74) is 1.76. The lowest BCUT2D eigenvalue weighted by molar-refractivity contribution is -0.384. The zero-order valence-corrected chi connectivity index (χ0v) is 13.5. The molecule has 110 valence electrons. The van der Waals surface area contributed by atoms with Crippen LogP contribution in [0.1, 0.15) is 10.7 Å². The number of non-ortho nitro benzene ring substituents is 1. The second kappa shape index (κ2) is 6.39. The number of nitro benzene ring substituents is 1. The average molecular weight is 348 g/mol. The third-order valence-corrected chi connectivity index (χ3v) is 5.83. The van der Waals surface area contributed by atoms with Crippen LogP contribution in [0.15, 0.2) is 27.9 Å². The Morgan fingerprint density at radius 1 is 1.41 bits per heavy atom. The van der Waals surface area contributed by atoms with Crippen LogP contribution in [0.3, 0.4) is 0 Å². The Morgan fingerprint density at radius 2 is 2.27 bits per heavy atom. The lowest BCUT2D eigenvalue weighted by Gasteiger charge is -1.92. The molecule has 0 radical (unpaired) electrons. The summed E-state index contributed by atoms with van der Waals surface area (Å²) in [5.74, 6) is 0.670. The maximum atomic E-state index is 10.8. The smallest absolute Gasteiger partial charge is 0.258 e. The van der Waals surface area contributed by atoms with Gasteiger partial charge in [-0.2, -0.15) is 5.26 Å². The molecule has 0 unspecified atom stereocenters. The summed E-state index contributed by atoms with van der Waals surface area (Å²) in [7, 11) is 0. The van der Waals surface area contributed by atoms with E-state index in [0.29, 0.717) is 12.2 Å². The number of benzene rings is 1. The normalized spacial score (nSPS) is 10.7. The van der Waals surface area contributed by atoms with Crippen LogP contribution in [0.25, 0.3) is 10.2 Å². The molecule has 3 aromatic rings. The van der Waals surface area contributed by atoms with E-state index < -0.39 is 4.92 Å². The molecule has 3 rings (SSSR count). The molecule has 0 amide bonds. The second-order valence-electron chi connectivity index (χ2n) is 4.25. The van der Waals surface area contributed by atoms with E-state index in [0.717, 1.165) is 25.3 Å². The molecule has 0 atom stereocenters. The SMILES string of the molecule is N#CCc1nc(CSc2nc3ccc([N+](=O)[O-])cc3s2)cs1. The molecule has 0 saturated heterocycles. The Balaban J connectivity index is 1.73. The lowest BCUT2D eigenvalue weighted by Crippen LogP contribution is -1.85. The second-order valence-corrected chi connectivity index (χ2v) is 7.44. The number of thioether (sulfide) groups is 1. The highest BCUT2D eigenvalue weighted by Crippen LogP contribution is 2.33. The average Bonchev–Trinajstić information content (AvgIpc) is 3.10. The molecule has 1 aromatic carbocycles. The molecule has 0 spiro atoms. The van der Waals surface area contributed by atoms with Gasteiger partial charge in [0.25, 0.3) is 5.69 Å². The van der Waals surface area contributed by atoms with Crippen molar-refractivity contribution >= 4 is 50.3 Å². The fourth-order valence-electron chi connectivity index (χ4n) is 1.77. The molecule has 0 aliphatic rings. The quantitative estimate of drug-likeness (QED) is 0.393. The van der Waals surface area contributed by atoms with Crippen LogP contribution in [-0.2, 0) is 12.2 Å². The van der Waals surface area contributed by atoms with E-state index in [1.54, 1.807) is 23.9 Å². The molecule has 2 aromatic heterocycles. The molecule has 0 N–H and O–H groups in total. The van der Waals surface area contributed by atoms with Gasteiger partial charge in [0.2, 0.25) is 0 Å². The van der Waals surface area contributed by atoms with Crippen molar-refractivity contribution in [3.63, 3.8) is 0 Å². The zero-order chi connectivity index (χ0) is 15.5. The van der Waals surface area contributed by atoms with Gasteiger partial charge in [-0.15, -0.1) is 22.7 Å². The monoisotopic (exact) mass is 348 g/mol. The highest BCUT2D eigenvalue weighted by Gasteiger charge is 2.11. The first-order valence-corrected chi connectivity index (χ1v) is 8.82. The van der Waals surface area contributed by atoms with E-state index in [4.69, 9.17) is 5.26 Å². The largest absolute Gasteiger partial charge is 0.270 e. The Kier molecular flexibility index (Phi) is 4.33. The first-order valence-electron chi connectivity index (χ1n) is 6.14. The standard InChI is InChI=1S/C13H8N4O2S3/c14-4-3-12-15-8(6-20-12)7-21-13-16-10-2-1-9(17(18)19)5-11(10)22-13/h1-2,5-6H,3,7H2. The minimum absolute atomic E-state index is 0.0772. The van der Waals surface area contributed by atoms with Gasteiger partial charge in [0.15, 0.2) is 4.34 Å². The third-order valence-electron chi connectivity index (χ3n) is 2.74. The Morgan fingerprint density at radius 3 is 3.05 bits per heavy atom.